The van der Waals surface area contributed by atoms with Gasteiger partial charge in [-0.2, -0.15) is 0 Å². The zero-order valence-electron chi connectivity index (χ0n) is 18.9. The number of halogens is 2. The van der Waals surface area contributed by atoms with Crippen molar-refractivity contribution in [3.63, 3.8) is 0 Å². The maximum absolute atomic E-state index is 13.4. The molecule has 2 amide bonds. The van der Waals surface area contributed by atoms with Crippen LogP contribution in [0, 0.1) is 0 Å². The third-order valence-corrected chi connectivity index (χ3v) is 6.72. The molecule has 34 heavy (non-hydrogen) atoms. The van der Waals surface area contributed by atoms with Gasteiger partial charge in [-0.3, -0.25) is 14.5 Å². The first kappa shape index (κ1) is 22.5. The lowest BCUT2D eigenvalue weighted by atomic mass is 10.0. The molecule has 0 spiro atoms. The first-order chi connectivity index (χ1) is 16.3. The molecule has 2 aromatic carbocycles. The van der Waals surface area contributed by atoms with Gasteiger partial charge in [-0.05, 0) is 36.1 Å². The maximum atomic E-state index is 13.4. The van der Waals surface area contributed by atoms with E-state index < -0.39 is 12.0 Å². The highest BCUT2D eigenvalue weighted by Gasteiger charge is 2.39. The average Bonchev–Trinajstić information content (AvgIpc) is 3.32. The van der Waals surface area contributed by atoms with Gasteiger partial charge in [0.05, 0.1) is 13.1 Å². The standard InChI is InChI=1S/C26H27F2N3O3/c1-17-5-10-22(24(32)29-17)31-14-21-20(25(31)33)3-2-4-23(21)34-15-19-8-6-18(7-9-19)13-30-12-11-26(27,28)16-30/h2-4,6-9,22H,1,5,10-16H2,(H,29,32). The second kappa shape index (κ2) is 8.83. The molecule has 1 N–H and O–H groups in total. The van der Waals surface area contributed by atoms with E-state index in [-0.39, 0.29) is 24.8 Å². The predicted octanol–water partition coefficient (Wildman–Crippen LogP) is 3.85. The zero-order chi connectivity index (χ0) is 23.9. The van der Waals surface area contributed by atoms with Crippen molar-refractivity contribution < 1.29 is 23.1 Å². The van der Waals surface area contributed by atoms with Crippen molar-refractivity contribution in [2.45, 2.75) is 50.9 Å². The minimum atomic E-state index is -2.59. The number of hydrogen-bond acceptors (Lipinski definition) is 4. The molecule has 178 valence electrons. The fourth-order valence-corrected chi connectivity index (χ4v) is 4.87. The Balaban J connectivity index is 1.22. The van der Waals surface area contributed by atoms with E-state index in [0.717, 1.165) is 16.7 Å². The number of ether oxygens (including phenoxy) is 1. The number of nitrogens with zero attached hydrogens (tertiary/aromatic N) is 2. The third kappa shape index (κ3) is 4.55. The lowest BCUT2D eigenvalue weighted by molar-refractivity contribution is -0.126. The smallest absolute Gasteiger partial charge is 0.261 e. The molecule has 2 fully saturated rings. The Bertz CT molecular complexity index is 1130. The quantitative estimate of drug-likeness (QED) is 0.701. The highest BCUT2D eigenvalue weighted by atomic mass is 19.3. The van der Waals surface area contributed by atoms with Crippen LogP contribution in [0.2, 0.25) is 0 Å². The van der Waals surface area contributed by atoms with E-state index in [4.69, 9.17) is 4.74 Å². The van der Waals surface area contributed by atoms with E-state index in [1.807, 2.05) is 30.3 Å². The van der Waals surface area contributed by atoms with E-state index >= 15 is 0 Å². The Hall–Kier alpha value is -3.26. The lowest BCUT2D eigenvalue weighted by Gasteiger charge is -2.31. The molecule has 2 aromatic rings. The van der Waals surface area contributed by atoms with E-state index in [1.165, 1.54) is 0 Å². The topological polar surface area (TPSA) is 61.9 Å². The van der Waals surface area contributed by atoms with Crippen molar-refractivity contribution in [3.05, 3.63) is 77.0 Å². The first-order valence-corrected chi connectivity index (χ1v) is 11.5. The first-order valence-electron chi connectivity index (χ1n) is 11.5. The van der Waals surface area contributed by atoms with Gasteiger partial charge in [-0.25, -0.2) is 8.78 Å². The molecule has 0 radical (unpaired) electrons. The minimum Gasteiger partial charge on any atom is -0.489 e. The highest BCUT2D eigenvalue weighted by Crippen LogP contribution is 2.34. The Morgan fingerprint density at radius 3 is 2.59 bits per heavy atom. The number of allylic oxidation sites excluding steroid dienone is 1. The van der Waals surface area contributed by atoms with Crippen LogP contribution >= 0.6 is 0 Å². The van der Waals surface area contributed by atoms with Gasteiger partial charge in [0.25, 0.3) is 11.8 Å². The summed E-state index contributed by atoms with van der Waals surface area (Å²) in [6.45, 7) is 5.16. The molecule has 0 saturated carbocycles. The van der Waals surface area contributed by atoms with E-state index in [9.17, 15) is 18.4 Å². The summed E-state index contributed by atoms with van der Waals surface area (Å²) in [5, 5.41) is 2.75. The summed E-state index contributed by atoms with van der Waals surface area (Å²) in [7, 11) is 0. The SMILES string of the molecule is C=C1CCC(N2Cc3c(OCc4ccc(CN5CCC(F)(F)C5)cc4)cccc3C2=O)C(=O)N1. The molecule has 5 rings (SSSR count). The van der Waals surface area contributed by atoms with Crippen LogP contribution < -0.4 is 10.1 Å². The van der Waals surface area contributed by atoms with Crippen LogP contribution in [0.3, 0.4) is 0 Å². The number of hydrogen-bond donors (Lipinski definition) is 1. The van der Waals surface area contributed by atoms with Gasteiger partial charge in [-0.1, -0.05) is 36.9 Å². The van der Waals surface area contributed by atoms with E-state index in [2.05, 4.69) is 11.9 Å². The van der Waals surface area contributed by atoms with Crippen molar-refractivity contribution in [1.29, 1.82) is 0 Å². The Kier molecular flexibility index (Phi) is 5.85. The Morgan fingerprint density at radius 1 is 1.12 bits per heavy atom. The number of fused-ring (bicyclic) bond motifs is 1. The molecule has 0 aliphatic carbocycles. The Morgan fingerprint density at radius 2 is 1.88 bits per heavy atom. The predicted molar refractivity (Wildman–Crippen MR) is 122 cm³/mol. The van der Waals surface area contributed by atoms with Crippen LogP contribution in [-0.4, -0.2) is 46.7 Å². The summed E-state index contributed by atoms with van der Waals surface area (Å²) in [4.78, 5) is 28.8. The average molecular weight is 468 g/mol. The fraction of sp³-hybridized carbons (Fsp3) is 0.385. The monoisotopic (exact) mass is 467 g/mol. The van der Waals surface area contributed by atoms with E-state index in [0.29, 0.717) is 56.1 Å². The van der Waals surface area contributed by atoms with Gasteiger partial charge in [0.1, 0.15) is 18.4 Å². The van der Waals surface area contributed by atoms with E-state index in [1.54, 1.807) is 21.9 Å². The fourth-order valence-electron chi connectivity index (χ4n) is 4.87. The number of rotatable bonds is 6. The number of alkyl halides is 2. The molecule has 1 atom stereocenters. The van der Waals surface area contributed by atoms with Crippen molar-refractivity contribution >= 4 is 11.8 Å². The second-order valence-electron chi connectivity index (χ2n) is 9.28. The second-order valence-corrected chi connectivity index (χ2v) is 9.28. The molecule has 8 heteroatoms. The van der Waals surface area contributed by atoms with Gasteiger partial charge in [0.15, 0.2) is 0 Å². The largest absolute Gasteiger partial charge is 0.489 e. The highest BCUT2D eigenvalue weighted by molar-refractivity contribution is 6.02. The third-order valence-electron chi connectivity index (χ3n) is 6.72. The maximum Gasteiger partial charge on any atom is 0.261 e. The van der Waals surface area contributed by atoms with Crippen molar-refractivity contribution in [2.24, 2.45) is 0 Å². The summed E-state index contributed by atoms with van der Waals surface area (Å²) < 4.78 is 32.9. The normalized spacial score (nSPS) is 22.1. The number of amides is 2. The van der Waals surface area contributed by atoms with Crippen LogP contribution in [0.5, 0.6) is 5.75 Å². The van der Waals surface area contributed by atoms with Crippen LogP contribution in [0.4, 0.5) is 8.78 Å². The molecule has 3 aliphatic heterocycles. The summed E-state index contributed by atoms with van der Waals surface area (Å²) in [5.41, 5.74) is 3.96. The van der Waals surface area contributed by atoms with Gasteiger partial charge >= 0.3 is 0 Å². The number of carbonyl (C=O) groups excluding carboxylic acids is 2. The number of benzene rings is 2. The van der Waals surface area contributed by atoms with Gasteiger partial charge in [-0.15, -0.1) is 0 Å². The van der Waals surface area contributed by atoms with Gasteiger partial charge in [0, 0.05) is 36.3 Å². The molecule has 3 heterocycles. The summed E-state index contributed by atoms with van der Waals surface area (Å²) in [5.74, 6) is -2.32. The number of likely N-dealkylation sites (tertiary alicyclic amines) is 1. The zero-order valence-corrected chi connectivity index (χ0v) is 18.9. The van der Waals surface area contributed by atoms with Crippen LogP contribution in [0.1, 0.15) is 46.3 Å². The lowest BCUT2D eigenvalue weighted by Crippen LogP contribution is -2.49. The van der Waals surface area contributed by atoms with Crippen LogP contribution in [0.15, 0.2) is 54.7 Å². The van der Waals surface area contributed by atoms with Crippen molar-refractivity contribution in [1.82, 2.24) is 15.1 Å². The number of nitrogens with one attached hydrogen (secondary N) is 1. The van der Waals surface area contributed by atoms with Crippen molar-refractivity contribution in [3.8, 4) is 5.75 Å². The molecule has 2 saturated heterocycles. The number of carbonyl (C=O) groups is 2. The minimum absolute atomic E-state index is 0.0824. The number of piperidine rings is 1. The summed E-state index contributed by atoms with van der Waals surface area (Å²) in [6.07, 6.45) is 1.12. The molecule has 0 bridgehead atoms. The van der Waals surface area contributed by atoms with Crippen molar-refractivity contribution in [2.75, 3.05) is 13.1 Å². The van der Waals surface area contributed by atoms with Crippen LogP contribution in [0.25, 0.3) is 0 Å². The molecule has 6 nitrogen and oxygen atoms in total. The summed E-state index contributed by atoms with van der Waals surface area (Å²) in [6, 6.07) is 12.6. The summed E-state index contributed by atoms with van der Waals surface area (Å²) >= 11 is 0. The molecule has 1 unspecified atom stereocenters. The molecular weight excluding hydrogens is 440 g/mol. The van der Waals surface area contributed by atoms with Crippen LogP contribution in [-0.2, 0) is 24.5 Å². The molecular formula is C26H27F2N3O3. The Labute approximate surface area is 197 Å². The van der Waals surface area contributed by atoms with Gasteiger partial charge in [0.2, 0.25) is 5.91 Å². The van der Waals surface area contributed by atoms with Gasteiger partial charge < -0.3 is 15.0 Å². The molecule has 0 aromatic heterocycles. The molecule has 3 aliphatic rings.